The molecule has 0 spiro atoms. The van der Waals surface area contributed by atoms with E-state index in [0.717, 1.165) is 12.8 Å². The fourth-order valence-electron chi connectivity index (χ4n) is 1.72. The first-order chi connectivity index (χ1) is 9.07. The number of nitrogens with zero attached hydrogens (tertiary/aromatic N) is 1. The third kappa shape index (κ3) is 11.6. The van der Waals surface area contributed by atoms with Crippen LogP contribution in [0.25, 0.3) is 0 Å². The number of ether oxygens (including phenoxy) is 1. The minimum atomic E-state index is -0.148. The molecule has 0 unspecified atom stereocenters. The van der Waals surface area contributed by atoms with E-state index in [0.29, 0.717) is 19.6 Å². The van der Waals surface area contributed by atoms with E-state index >= 15 is 0 Å². The van der Waals surface area contributed by atoms with Crippen LogP contribution in [0.4, 0.5) is 0 Å². The van der Waals surface area contributed by atoms with Gasteiger partial charge in [0.2, 0.25) is 0 Å². The van der Waals surface area contributed by atoms with Gasteiger partial charge in [0.05, 0.1) is 6.54 Å². The Labute approximate surface area is 117 Å². The van der Waals surface area contributed by atoms with E-state index in [1.165, 1.54) is 32.1 Å². The highest BCUT2D eigenvalue weighted by atomic mass is 16.5. The van der Waals surface area contributed by atoms with Gasteiger partial charge in [0.15, 0.2) is 5.96 Å². The van der Waals surface area contributed by atoms with Gasteiger partial charge in [-0.25, -0.2) is 0 Å². The van der Waals surface area contributed by atoms with Crippen molar-refractivity contribution in [3.05, 3.63) is 0 Å². The van der Waals surface area contributed by atoms with Gasteiger partial charge in [0.1, 0.15) is 6.61 Å². The molecule has 3 N–H and O–H groups in total. The van der Waals surface area contributed by atoms with Crippen LogP contribution in [0.3, 0.4) is 0 Å². The van der Waals surface area contributed by atoms with Crippen LogP contribution in [0.5, 0.6) is 0 Å². The number of rotatable bonds is 11. The van der Waals surface area contributed by atoms with Crippen molar-refractivity contribution in [1.82, 2.24) is 4.90 Å². The Kier molecular flexibility index (Phi) is 11.0. The number of unbranched alkanes of at least 4 members (excludes halogenated alkanes) is 6. The molecule has 5 nitrogen and oxygen atoms in total. The van der Waals surface area contributed by atoms with Gasteiger partial charge in [-0.05, 0) is 6.42 Å². The van der Waals surface area contributed by atoms with Crippen LogP contribution in [0.2, 0.25) is 0 Å². The number of esters is 1. The summed E-state index contributed by atoms with van der Waals surface area (Å²) in [6.45, 7) is 2.98. The standard InChI is InChI=1S/C14H29N3O2/c1-3-4-5-6-7-8-9-10-13(18)19-12-11-17(2)14(15)16/h3-12H2,1-2H3,(H3,15,16). The summed E-state index contributed by atoms with van der Waals surface area (Å²) < 4.78 is 5.08. The van der Waals surface area contributed by atoms with Crippen LogP contribution in [-0.4, -0.2) is 37.0 Å². The topological polar surface area (TPSA) is 79.4 Å². The molecule has 0 bridgehead atoms. The molecule has 0 rings (SSSR count). The van der Waals surface area contributed by atoms with Crippen molar-refractivity contribution >= 4 is 11.9 Å². The van der Waals surface area contributed by atoms with E-state index in [1.54, 1.807) is 11.9 Å². The molecule has 0 fully saturated rings. The molecule has 19 heavy (non-hydrogen) atoms. The number of guanidine groups is 1. The fourth-order valence-corrected chi connectivity index (χ4v) is 1.72. The van der Waals surface area contributed by atoms with Gasteiger partial charge in [-0.1, -0.05) is 45.4 Å². The van der Waals surface area contributed by atoms with Crippen molar-refractivity contribution in [3.8, 4) is 0 Å². The second-order valence-corrected chi connectivity index (χ2v) is 4.90. The predicted molar refractivity (Wildman–Crippen MR) is 78.1 cm³/mol. The largest absolute Gasteiger partial charge is 0.464 e. The zero-order valence-corrected chi connectivity index (χ0v) is 12.4. The molecule has 0 aliphatic rings. The Morgan fingerprint density at radius 3 is 2.32 bits per heavy atom. The predicted octanol–water partition coefficient (Wildman–Crippen LogP) is 2.50. The Bertz CT molecular complexity index is 257. The molecule has 0 aromatic rings. The lowest BCUT2D eigenvalue weighted by Crippen LogP contribution is -2.35. The summed E-state index contributed by atoms with van der Waals surface area (Å²) in [6.07, 6.45) is 8.87. The van der Waals surface area contributed by atoms with Gasteiger partial charge in [-0.2, -0.15) is 0 Å². The maximum atomic E-state index is 11.4. The number of likely N-dealkylation sites (N-methyl/N-ethyl adjacent to an activating group) is 1. The summed E-state index contributed by atoms with van der Waals surface area (Å²) in [5.74, 6) is -0.159. The summed E-state index contributed by atoms with van der Waals surface area (Å²) in [4.78, 5) is 12.9. The Hall–Kier alpha value is -1.26. The molecule has 0 heterocycles. The lowest BCUT2D eigenvalue weighted by Gasteiger charge is -2.16. The van der Waals surface area contributed by atoms with Crippen molar-refractivity contribution in [2.24, 2.45) is 5.73 Å². The van der Waals surface area contributed by atoms with Crippen LogP contribution in [0, 0.1) is 5.41 Å². The molecule has 0 atom stereocenters. The quantitative estimate of drug-likeness (QED) is 0.262. The van der Waals surface area contributed by atoms with Crippen LogP contribution < -0.4 is 5.73 Å². The van der Waals surface area contributed by atoms with Crippen LogP contribution in [0.1, 0.15) is 58.3 Å². The van der Waals surface area contributed by atoms with E-state index in [-0.39, 0.29) is 11.9 Å². The smallest absolute Gasteiger partial charge is 0.305 e. The van der Waals surface area contributed by atoms with E-state index in [4.69, 9.17) is 15.9 Å². The molecule has 0 aliphatic carbocycles. The average Bonchev–Trinajstić information content (AvgIpc) is 2.37. The summed E-state index contributed by atoms with van der Waals surface area (Å²) in [5.41, 5.74) is 5.27. The van der Waals surface area contributed by atoms with E-state index in [2.05, 4.69) is 6.92 Å². The molecule has 0 saturated carbocycles. The van der Waals surface area contributed by atoms with Crippen LogP contribution >= 0.6 is 0 Å². The van der Waals surface area contributed by atoms with Crippen molar-refractivity contribution in [3.63, 3.8) is 0 Å². The molecule has 0 aliphatic heterocycles. The Morgan fingerprint density at radius 1 is 1.16 bits per heavy atom. The van der Waals surface area contributed by atoms with Gasteiger partial charge in [0.25, 0.3) is 0 Å². The van der Waals surface area contributed by atoms with Gasteiger partial charge in [-0.15, -0.1) is 0 Å². The normalized spacial score (nSPS) is 10.2. The maximum absolute atomic E-state index is 11.4. The Balaban J connectivity index is 3.33. The minimum Gasteiger partial charge on any atom is -0.464 e. The van der Waals surface area contributed by atoms with Gasteiger partial charge >= 0.3 is 5.97 Å². The molecule has 0 amide bonds. The molecular formula is C14H29N3O2. The van der Waals surface area contributed by atoms with E-state index in [1.807, 2.05) is 0 Å². The molecule has 5 heteroatoms. The molecule has 0 aromatic heterocycles. The summed E-state index contributed by atoms with van der Waals surface area (Å²) in [5, 5.41) is 7.15. The van der Waals surface area contributed by atoms with Crippen LogP contribution in [0.15, 0.2) is 0 Å². The highest BCUT2D eigenvalue weighted by Gasteiger charge is 2.04. The van der Waals surface area contributed by atoms with Gasteiger partial charge in [0, 0.05) is 13.5 Å². The van der Waals surface area contributed by atoms with Crippen molar-refractivity contribution in [1.29, 1.82) is 5.41 Å². The maximum Gasteiger partial charge on any atom is 0.305 e. The fraction of sp³-hybridized carbons (Fsp3) is 0.857. The second-order valence-electron chi connectivity index (χ2n) is 4.90. The van der Waals surface area contributed by atoms with Gasteiger partial charge < -0.3 is 15.4 Å². The van der Waals surface area contributed by atoms with Crippen molar-refractivity contribution in [2.45, 2.75) is 58.3 Å². The first kappa shape index (κ1) is 17.7. The molecule has 0 radical (unpaired) electrons. The number of nitrogens with two attached hydrogens (primary N) is 1. The SMILES string of the molecule is CCCCCCCCCC(=O)OCCN(C)C(=N)N. The zero-order chi connectivity index (χ0) is 14.5. The zero-order valence-electron chi connectivity index (χ0n) is 12.4. The molecule has 0 saturated heterocycles. The first-order valence-electron chi connectivity index (χ1n) is 7.28. The number of nitrogens with one attached hydrogen (secondary N) is 1. The van der Waals surface area contributed by atoms with E-state index < -0.39 is 0 Å². The lowest BCUT2D eigenvalue weighted by atomic mass is 10.1. The molecular weight excluding hydrogens is 242 g/mol. The number of carbonyl (C=O) groups excluding carboxylic acids is 1. The van der Waals surface area contributed by atoms with Crippen LogP contribution in [-0.2, 0) is 9.53 Å². The highest BCUT2D eigenvalue weighted by molar-refractivity contribution is 5.74. The second kappa shape index (κ2) is 11.8. The minimum absolute atomic E-state index is 0.0110. The Morgan fingerprint density at radius 2 is 1.74 bits per heavy atom. The van der Waals surface area contributed by atoms with Crippen molar-refractivity contribution in [2.75, 3.05) is 20.2 Å². The lowest BCUT2D eigenvalue weighted by molar-refractivity contribution is -0.143. The summed E-state index contributed by atoms with van der Waals surface area (Å²) >= 11 is 0. The molecule has 112 valence electrons. The third-order valence-electron chi connectivity index (χ3n) is 3.09. The monoisotopic (exact) mass is 271 g/mol. The highest BCUT2D eigenvalue weighted by Crippen LogP contribution is 2.08. The number of hydrogen-bond donors (Lipinski definition) is 2. The first-order valence-corrected chi connectivity index (χ1v) is 7.28. The van der Waals surface area contributed by atoms with E-state index in [9.17, 15) is 4.79 Å². The number of carbonyl (C=O) groups is 1. The average molecular weight is 271 g/mol. The summed E-state index contributed by atoms with van der Waals surface area (Å²) in [6, 6.07) is 0. The molecule has 0 aromatic carbocycles. The van der Waals surface area contributed by atoms with Crippen molar-refractivity contribution < 1.29 is 9.53 Å². The number of hydrogen-bond acceptors (Lipinski definition) is 3. The van der Waals surface area contributed by atoms with Gasteiger partial charge in [-0.3, -0.25) is 10.2 Å². The summed E-state index contributed by atoms with van der Waals surface area (Å²) in [7, 11) is 1.70. The third-order valence-corrected chi connectivity index (χ3v) is 3.09.